The van der Waals surface area contributed by atoms with Gasteiger partial charge in [0, 0.05) is 23.4 Å². The number of ether oxygens (including phenoxy) is 3. The highest BCUT2D eigenvalue weighted by molar-refractivity contribution is 7.16. The van der Waals surface area contributed by atoms with Gasteiger partial charge in [-0.05, 0) is 37.3 Å². The van der Waals surface area contributed by atoms with Gasteiger partial charge < -0.3 is 19.5 Å². The van der Waals surface area contributed by atoms with Crippen molar-refractivity contribution in [3.63, 3.8) is 0 Å². The lowest BCUT2D eigenvalue weighted by Gasteiger charge is -2.09. The first-order valence-corrected chi connectivity index (χ1v) is 10.2. The Balaban J connectivity index is 1.28. The number of carbonyl (C=O) groups excluding carboxylic acids is 1. The fraction of sp³-hybridized carbons (Fsp3) is 0.143. The summed E-state index contributed by atoms with van der Waals surface area (Å²) in [6.07, 6.45) is 0. The van der Waals surface area contributed by atoms with E-state index in [0.29, 0.717) is 39.2 Å². The third-order valence-electron chi connectivity index (χ3n) is 4.51. The first kappa shape index (κ1) is 19.1. The number of benzene rings is 2. The van der Waals surface area contributed by atoms with E-state index in [-0.39, 0.29) is 24.9 Å². The molecule has 0 radical (unpaired) electrons. The molecular weight excluding hydrogens is 420 g/mol. The fourth-order valence-corrected chi connectivity index (χ4v) is 3.85. The third kappa shape index (κ3) is 3.92. The smallest absolute Gasteiger partial charge is 0.275 e. The Morgan fingerprint density at radius 2 is 2.06 bits per heavy atom. The van der Waals surface area contributed by atoms with E-state index in [2.05, 4.69) is 15.4 Å². The van der Waals surface area contributed by atoms with Crippen LogP contribution in [0, 0.1) is 6.92 Å². The van der Waals surface area contributed by atoms with E-state index < -0.39 is 0 Å². The van der Waals surface area contributed by atoms with Crippen LogP contribution in [0.15, 0.2) is 53.3 Å². The number of anilines is 1. The molecule has 3 heterocycles. The van der Waals surface area contributed by atoms with Gasteiger partial charge in [0.2, 0.25) is 11.8 Å². The molecule has 1 aliphatic rings. The minimum atomic E-state index is -0.281. The molecule has 0 saturated heterocycles. The normalized spacial score (nSPS) is 12.2. The molecule has 1 aliphatic heterocycles. The maximum absolute atomic E-state index is 12.6. The average molecular weight is 436 g/mol. The Bertz CT molecular complexity index is 1360. The van der Waals surface area contributed by atoms with E-state index in [1.54, 1.807) is 42.5 Å². The Kier molecular flexibility index (Phi) is 4.75. The van der Waals surface area contributed by atoms with Gasteiger partial charge in [-0.25, -0.2) is 4.98 Å². The van der Waals surface area contributed by atoms with Crippen molar-refractivity contribution in [1.29, 1.82) is 0 Å². The van der Waals surface area contributed by atoms with E-state index in [1.165, 1.54) is 21.9 Å². The minimum Gasteiger partial charge on any atom is -0.487 e. The fourth-order valence-electron chi connectivity index (χ4n) is 3.09. The summed E-state index contributed by atoms with van der Waals surface area (Å²) in [5.74, 6) is 1.41. The predicted octanol–water partition coefficient (Wildman–Crippen LogP) is 3.02. The topological polar surface area (TPSA) is 104 Å². The lowest BCUT2D eigenvalue weighted by molar-refractivity contribution is 0.102. The van der Waals surface area contributed by atoms with Crippen LogP contribution in [0.1, 0.15) is 21.1 Å². The van der Waals surface area contributed by atoms with Gasteiger partial charge in [-0.2, -0.15) is 9.61 Å². The molecule has 0 spiro atoms. The largest absolute Gasteiger partial charge is 0.487 e. The van der Waals surface area contributed by atoms with Crippen LogP contribution in [-0.4, -0.2) is 27.3 Å². The van der Waals surface area contributed by atoms with Gasteiger partial charge in [0.1, 0.15) is 17.4 Å². The number of fused-ring (bicyclic) bond motifs is 2. The summed E-state index contributed by atoms with van der Waals surface area (Å²) in [7, 11) is 0. The van der Waals surface area contributed by atoms with Gasteiger partial charge in [0.15, 0.2) is 11.5 Å². The van der Waals surface area contributed by atoms with Gasteiger partial charge in [0.05, 0.1) is 5.69 Å². The van der Waals surface area contributed by atoms with Gasteiger partial charge in [-0.3, -0.25) is 9.59 Å². The van der Waals surface area contributed by atoms with E-state index in [1.807, 2.05) is 6.92 Å². The molecule has 31 heavy (non-hydrogen) atoms. The van der Waals surface area contributed by atoms with Gasteiger partial charge in [-0.1, -0.05) is 17.4 Å². The highest BCUT2D eigenvalue weighted by Gasteiger charge is 2.16. The lowest BCUT2D eigenvalue weighted by atomic mass is 10.2. The van der Waals surface area contributed by atoms with Crippen molar-refractivity contribution in [1.82, 2.24) is 14.6 Å². The summed E-state index contributed by atoms with van der Waals surface area (Å²) in [6.45, 7) is 2.08. The number of nitrogens with one attached hydrogen (secondary N) is 1. The second kappa shape index (κ2) is 7.73. The van der Waals surface area contributed by atoms with Crippen LogP contribution >= 0.6 is 11.3 Å². The Morgan fingerprint density at radius 3 is 2.97 bits per heavy atom. The average Bonchev–Trinajstić information content (AvgIpc) is 3.38. The first-order chi connectivity index (χ1) is 15.0. The van der Waals surface area contributed by atoms with Crippen LogP contribution in [-0.2, 0) is 6.61 Å². The summed E-state index contributed by atoms with van der Waals surface area (Å²) >= 11 is 1.34. The number of rotatable bonds is 5. The van der Waals surface area contributed by atoms with Crippen LogP contribution < -0.4 is 25.1 Å². The van der Waals surface area contributed by atoms with Crippen molar-refractivity contribution < 1.29 is 19.0 Å². The summed E-state index contributed by atoms with van der Waals surface area (Å²) in [6, 6.07) is 13.4. The number of hydrogen-bond acceptors (Lipinski definition) is 8. The number of aromatic nitrogens is 3. The number of aryl methyl sites for hydroxylation is 1. The summed E-state index contributed by atoms with van der Waals surface area (Å²) in [5.41, 5.74) is 1.27. The number of amides is 1. The maximum Gasteiger partial charge on any atom is 0.275 e. The highest BCUT2D eigenvalue weighted by Crippen LogP contribution is 2.32. The molecule has 0 unspecified atom stereocenters. The first-order valence-electron chi connectivity index (χ1n) is 9.35. The molecule has 10 heteroatoms. The van der Waals surface area contributed by atoms with Crippen LogP contribution in [0.25, 0.3) is 4.96 Å². The third-order valence-corrected chi connectivity index (χ3v) is 5.34. The zero-order valence-electron chi connectivity index (χ0n) is 16.3. The molecule has 0 fully saturated rings. The second-order valence-electron chi connectivity index (χ2n) is 6.74. The monoisotopic (exact) mass is 436 g/mol. The summed E-state index contributed by atoms with van der Waals surface area (Å²) < 4.78 is 17.6. The molecule has 0 atom stereocenters. The minimum absolute atomic E-state index is 0.113. The standard InChI is InChI=1S/C21H16N4O5S/c1-12-24-25-19(26)9-15(23-21(25)31-12)10-28-16-4-2-3-14(8-16)22-20(27)13-5-6-17-18(7-13)30-11-29-17/h2-9H,10-11H2,1H3,(H,22,27). The zero-order valence-corrected chi connectivity index (χ0v) is 17.1. The van der Waals surface area contributed by atoms with Crippen molar-refractivity contribution in [2.45, 2.75) is 13.5 Å². The number of carbonyl (C=O) groups is 1. The molecule has 5 rings (SSSR count). The molecule has 9 nitrogen and oxygen atoms in total. The molecule has 2 aromatic carbocycles. The molecule has 1 amide bonds. The molecule has 0 bridgehead atoms. The Morgan fingerprint density at radius 1 is 1.19 bits per heavy atom. The van der Waals surface area contributed by atoms with Gasteiger partial charge in [-0.15, -0.1) is 0 Å². The number of hydrogen-bond donors (Lipinski definition) is 1. The van der Waals surface area contributed by atoms with Crippen LogP contribution in [0.3, 0.4) is 0 Å². The number of nitrogens with zero attached hydrogens (tertiary/aromatic N) is 3. The summed E-state index contributed by atoms with van der Waals surface area (Å²) in [4.78, 5) is 29.7. The van der Waals surface area contributed by atoms with Gasteiger partial charge >= 0.3 is 0 Å². The molecule has 156 valence electrons. The van der Waals surface area contributed by atoms with Crippen molar-refractivity contribution in [3.05, 3.63) is 75.1 Å². The van der Waals surface area contributed by atoms with E-state index in [9.17, 15) is 9.59 Å². The van der Waals surface area contributed by atoms with Crippen molar-refractivity contribution in [3.8, 4) is 17.2 Å². The van der Waals surface area contributed by atoms with Gasteiger partial charge in [0.25, 0.3) is 11.5 Å². The predicted molar refractivity (Wildman–Crippen MR) is 113 cm³/mol. The van der Waals surface area contributed by atoms with Crippen molar-refractivity contribution in [2.75, 3.05) is 12.1 Å². The molecule has 4 aromatic rings. The Hall–Kier alpha value is -3.92. The highest BCUT2D eigenvalue weighted by atomic mass is 32.1. The zero-order chi connectivity index (χ0) is 21.4. The maximum atomic E-state index is 12.6. The molecule has 2 aromatic heterocycles. The van der Waals surface area contributed by atoms with Crippen LogP contribution in [0.5, 0.6) is 17.2 Å². The van der Waals surface area contributed by atoms with E-state index in [0.717, 1.165) is 5.01 Å². The van der Waals surface area contributed by atoms with Crippen LogP contribution in [0.2, 0.25) is 0 Å². The van der Waals surface area contributed by atoms with Crippen molar-refractivity contribution >= 4 is 27.9 Å². The van der Waals surface area contributed by atoms with E-state index in [4.69, 9.17) is 14.2 Å². The molecule has 1 N–H and O–H groups in total. The van der Waals surface area contributed by atoms with Crippen molar-refractivity contribution in [2.24, 2.45) is 0 Å². The second-order valence-corrected chi connectivity index (χ2v) is 7.90. The van der Waals surface area contributed by atoms with E-state index >= 15 is 0 Å². The Labute approximate surface area is 179 Å². The van der Waals surface area contributed by atoms with Crippen LogP contribution in [0.4, 0.5) is 5.69 Å². The SMILES string of the molecule is Cc1nn2c(=O)cc(COc3cccc(NC(=O)c4ccc5c(c4)OCO5)c3)nc2s1. The molecular formula is C21H16N4O5S. The molecule has 0 saturated carbocycles. The molecule has 0 aliphatic carbocycles. The quantitative estimate of drug-likeness (QED) is 0.513. The summed E-state index contributed by atoms with van der Waals surface area (Å²) in [5, 5.41) is 7.71. The lowest BCUT2D eigenvalue weighted by Crippen LogP contribution is -2.16.